The van der Waals surface area contributed by atoms with Gasteiger partial charge in [-0.25, -0.2) is 22.2 Å². The number of benzene rings is 2. The van der Waals surface area contributed by atoms with E-state index >= 15 is 4.39 Å². The molecule has 2 aliphatic rings. The zero-order valence-corrected chi connectivity index (χ0v) is 27.3. The van der Waals surface area contributed by atoms with E-state index < -0.39 is 21.5 Å². The van der Waals surface area contributed by atoms with Crippen LogP contribution in [0, 0.1) is 11.6 Å². The number of carbonyl (C=O) groups excluding carboxylic acids is 1. The van der Waals surface area contributed by atoms with Crippen molar-refractivity contribution in [3.05, 3.63) is 89.0 Å². The van der Waals surface area contributed by atoms with Crippen LogP contribution >= 0.6 is 11.3 Å². The van der Waals surface area contributed by atoms with Gasteiger partial charge in [0, 0.05) is 46.5 Å². The Labute approximate surface area is 274 Å². The molecule has 0 N–H and O–H groups in total. The van der Waals surface area contributed by atoms with Crippen LogP contribution in [-0.4, -0.2) is 60.4 Å². The minimum Gasteiger partial charge on any atom is -0.490 e. The Kier molecular flexibility index (Phi) is 7.93. The lowest BCUT2D eigenvalue weighted by atomic mass is 9.95. The molecule has 1 atom stereocenters. The van der Waals surface area contributed by atoms with Gasteiger partial charge in [-0.15, -0.1) is 11.3 Å². The van der Waals surface area contributed by atoms with Crippen LogP contribution in [0.25, 0.3) is 43.9 Å². The summed E-state index contributed by atoms with van der Waals surface area (Å²) in [6.07, 6.45) is 1.28. The third kappa shape index (κ3) is 5.62. The van der Waals surface area contributed by atoms with Gasteiger partial charge in [-0.2, -0.15) is 5.10 Å². The van der Waals surface area contributed by atoms with Gasteiger partial charge in [-0.05, 0) is 47.7 Å². The highest BCUT2D eigenvalue weighted by Crippen LogP contribution is 2.47. The molecule has 5 aromatic rings. The van der Waals surface area contributed by atoms with E-state index in [9.17, 15) is 17.6 Å². The summed E-state index contributed by atoms with van der Waals surface area (Å²) in [5, 5.41) is 7.47. The van der Waals surface area contributed by atoms with Crippen LogP contribution in [0.5, 0.6) is 5.75 Å². The van der Waals surface area contributed by atoms with Crippen LogP contribution in [0.2, 0.25) is 0 Å². The maximum atomic E-state index is 16.0. The number of halogens is 2. The van der Waals surface area contributed by atoms with Crippen LogP contribution in [-0.2, 0) is 44.0 Å². The molecule has 0 bridgehead atoms. The van der Waals surface area contributed by atoms with E-state index in [0.29, 0.717) is 44.8 Å². The molecular weight excluding hydrogens is 647 g/mol. The Morgan fingerprint density at radius 3 is 2.68 bits per heavy atom. The maximum Gasteiger partial charge on any atom is 0.246 e. The summed E-state index contributed by atoms with van der Waals surface area (Å²) >= 11 is 1.37. The van der Waals surface area contributed by atoms with E-state index in [1.165, 1.54) is 24.5 Å². The van der Waals surface area contributed by atoms with Gasteiger partial charge in [-0.3, -0.25) is 9.48 Å². The molecule has 1 amide bonds. The van der Waals surface area contributed by atoms with Crippen molar-refractivity contribution in [1.29, 1.82) is 0 Å². The molecule has 9 nitrogen and oxygen atoms in total. The molecule has 0 radical (unpaired) electrons. The van der Waals surface area contributed by atoms with E-state index in [-0.39, 0.29) is 54.5 Å². The predicted octanol–water partition coefficient (Wildman–Crippen LogP) is 6.14. The number of hydrogen-bond donors (Lipinski definition) is 0. The Balaban J connectivity index is 1.48. The number of ether oxygens (including phenoxy) is 2. The highest BCUT2D eigenvalue weighted by Gasteiger charge is 2.31. The number of aromatic nitrogens is 3. The second kappa shape index (κ2) is 12.0. The first-order chi connectivity index (χ1) is 22.6. The third-order valence-corrected chi connectivity index (χ3v) is 11.0. The Bertz CT molecular complexity index is 2190. The van der Waals surface area contributed by atoms with Crippen molar-refractivity contribution < 1.29 is 31.5 Å². The van der Waals surface area contributed by atoms with Gasteiger partial charge in [0.05, 0.1) is 48.2 Å². The van der Waals surface area contributed by atoms with Gasteiger partial charge < -0.3 is 14.4 Å². The van der Waals surface area contributed by atoms with E-state index in [4.69, 9.17) is 19.6 Å². The monoisotopic (exact) mass is 676 g/mol. The second-order valence-corrected chi connectivity index (χ2v) is 14.7. The standard InChI is InChI=1S/C34H30F2N4O5S2/c1-4-29(41)39-16-24-14-27(38-40(24)15-19(39)2)33-31(30-26(36)12-23(35)13-28(30)45-9-8-44-3)34-25(7-10-46-34)32(37-33)20-5-6-21-17-47(42,43)18-22(21)11-20/h4-7,10-14,19H,1,8-9,15-18H2,2-3H3. The lowest BCUT2D eigenvalue weighted by Crippen LogP contribution is -2.44. The highest BCUT2D eigenvalue weighted by atomic mass is 32.2. The van der Waals surface area contributed by atoms with Crippen LogP contribution < -0.4 is 4.74 Å². The van der Waals surface area contributed by atoms with Gasteiger partial charge in [0.15, 0.2) is 9.84 Å². The fourth-order valence-electron chi connectivity index (χ4n) is 6.32. The molecule has 7 rings (SSSR count). The number of pyridine rings is 1. The van der Waals surface area contributed by atoms with Crippen molar-refractivity contribution >= 4 is 37.2 Å². The van der Waals surface area contributed by atoms with Crippen molar-refractivity contribution in [1.82, 2.24) is 19.7 Å². The minimum atomic E-state index is -3.23. The number of hydrogen-bond acceptors (Lipinski definition) is 8. The SMILES string of the molecule is C=CC(=O)N1Cc2cc(-c3nc(-c4ccc5c(c4)CS(=O)(=O)C5)c4ccsc4c3-c3c(F)cc(F)cc3OCCOC)nn2CC1C. The van der Waals surface area contributed by atoms with E-state index in [1.54, 1.807) is 4.90 Å². The Morgan fingerprint density at radius 1 is 1.09 bits per heavy atom. The van der Waals surface area contributed by atoms with Gasteiger partial charge in [0.1, 0.15) is 35.4 Å². The Hall–Kier alpha value is -4.46. The molecule has 0 saturated heterocycles. The first-order valence-electron chi connectivity index (χ1n) is 14.9. The highest BCUT2D eigenvalue weighted by molar-refractivity contribution is 7.90. The third-order valence-electron chi connectivity index (χ3n) is 8.52. The second-order valence-electron chi connectivity index (χ2n) is 11.7. The van der Waals surface area contributed by atoms with Crippen molar-refractivity contribution in [2.24, 2.45) is 0 Å². The van der Waals surface area contributed by atoms with Crippen molar-refractivity contribution in [3.63, 3.8) is 0 Å². The van der Waals surface area contributed by atoms with Crippen LogP contribution in [0.1, 0.15) is 23.7 Å². The minimum absolute atomic E-state index is 0.00616. The average molecular weight is 677 g/mol. The summed E-state index contributed by atoms with van der Waals surface area (Å²) in [4.78, 5) is 19.4. The molecule has 47 heavy (non-hydrogen) atoms. The van der Waals surface area contributed by atoms with Gasteiger partial charge in [-0.1, -0.05) is 18.7 Å². The zero-order valence-electron chi connectivity index (χ0n) is 25.6. The number of sulfone groups is 1. The van der Waals surface area contributed by atoms with E-state index in [1.807, 2.05) is 47.3 Å². The predicted molar refractivity (Wildman–Crippen MR) is 176 cm³/mol. The molecule has 0 spiro atoms. The molecule has 2 aromatic carbocycles. The molecule has 0 aliphatic carbocycles. The molecule has 1 unspecified atom stereocenters. The summed E-state index contributed by atoms with van der Waals surface area (Å²) in [7, 11) is -1.73. The molecule has 5 heterocycles. The number of thiophene rings is 1. The summed E-state index contributed by atoms with van der Waals surface area (Å²) in [5.41, 5.74) is 4.69. The lowest BCUT2D eigenvalue weighted by Gasteiger charge is -2.33. The number of carbonyl (C=O) groups is 1. The van der Waals surface area contributed by atoms with Crippen molar-refractivity contribution in [2.75, 3.05) is 20.3 Å². The number of rotatable bonds is 8. The van der Waals surface area contributed by atoms with Crippen LogP contribution in [0.3, 0.4) is 0 Å². The smallest absolute Gasteiger partial charge is 0.246 e. The number of amides is 1. The zero-order chi connectivity index (χ0) is 33.0. The Morgan fingerprint density at radius 2 is 1.89 bits per heavy atom. The molecule has 3 aromatic heterocycles. The van der Waals surface area contributed by atoms with E-state index in [0.717, 1.165) is 29.0 Å². The number of fused-ring (bicyclic) bond motifs is 3. The molecular formula is C34H30F2N4O5S2. The van der Waals surface area contributed by atoms with Gasteiger partial charge in [0.25, 0.3) is 0 Å². The first kappa shape index (κ1) is 31.2. The summed E-state index contributed by atoms with van der Waals surface area (Å²) < 4.78 is 68.9. The fraction of sp³-hybridized carbons (Fsp3) is 0.265. The quantitative estimate of drug-likeness (QED) is 0.144. The lowest BCUT2D eigenvalue weighted by molar-refractivity contribution is -0.129. The van der Waals surface area contributed by atoms with Gasteiger partial charge >= 0.3 is 0 Å². The maximum absolute atomic E-state index is 16.0. The van der Waals surface area contributed by atoms with Crippen molar-refractivity contribution in [2.45, 2.75) is 37.6 Å². The molecule has 2 aliphatic heterocycles. The largest absolute Gasteiger partial charge is 0.490 e. The van der Waals surface area contributed by atoms with Gasteiger partial charge in [0.2, 0.25) is 5.91 Å². The average Bonchev–Trinajstić information content (AvgIpc) is 3.75. The molecule has 0 fully saturated rings. The van der Waals surface area contributed by atoms with Crippen LogP contribution in [0.4, 0.5) is 8.78 Å². The fourth-order valence-corrected chi connectivity index (χ4v) is 8.87. The summed E-state index contributed by atoms with van der Waals surface area (Å²) in [6, 6.07) is 11.0. The summed E-state index contributed by atoms with van der Waals surface area (Å²) in [6.45, 7) is 6.53. The topological polar surface area (TPSA) is 104 Å². The number of nitrogens with zero attached hydrogens (tertiary/aromatic N) is 4. The molecule has 242 valence electrons. The van der Waals surface area contributed by atoms with E-state index in [2.05, 4.69) is 6.58 Å². The molecule has 0 saturated carbocycles. The number of methoxy groups -OCH3 is 1. The normalized spacial score (nSPS) is 16.7. The molecule has 13 heteroatoms. The van der Waals surface area contributed by atoms with Crippen molar-refractivity contribution in [3.8, 4) is 39.5 Å². The van der Waals surface area contributed by atoms with Crippen LogP contribution in [0.15, 0.2) is 60.5 Å². The first-order valence-corrected chi connectivity index (χ1v) is 17.6. The summed E-state index contributed by atoms with van der Waals surface area (Å²) in [5.74, 6) is -1.88.